The number of sulfonamides is 1. The molecule has 2 aliphatic heterocycles. The van der Waals surface area contributed by atoms with Crippen LogP contribution in [-0.4, -0.2) is 31.5 Å². The van der Waals surface area contributed by atoms with Crippen LogP contribution in [0.1, 0.15) is 11.1 Å². The van der Waals surface area contributed by atoms with Crippen molar-refractivity contribution in [3.63, 3.8) is 0 Å². The van der Waals surface area contributed by atoms with Gasteiger partial charge in [0.15, 0.2) is 0 Å². The van der Waals surface area contributed by atoms with Crippen molar-refractivity contribution in [1.29, 1.82) is 0 Å². The number of anilines is 3. The van der Waals surface area contributed by atoms with Gasteiger partial charge < -0.3 is 10.6 Å². The third-order valence-electron chi connectivity index (χ3n) is 5.39. The number of nitrogens with zero attached hydrogens (tertiary/aromatic N) is 3. The van der Waals surface area contributed by atoms with Gasteiger partial charge >= 0.3 is 0 Å². The first-order chi connectivity index (χ1) is 14.6. The van der Waals surface area contributed by atoms with Gasteiger partial charge in [-0.2, -0.15) is 0 Å². The van der Waals surface area contributed by atoms with Gasteiger partial charge in [-0.3, -0.25) is 4.31 Å². The van der Waals surface area contributed by atoms with Crippen LogP contribution in [0, 0.1) is 0 Å². The van der Waals surface area contributed by atoms with Crippen LogP contribution in [0.5, 0.6) is 0 Å². The van der Waals surface area contributed by atoms with Crippen molar-refractivity contribution in [3.8, 4) is 11.3 Å². The Bertz CT molecular complexity index is 1260. The molecule has 0 saturated carbocycles. The second-order valence-corrected chi connectivity index (χ2v) is 9.11. The van der Waals surface area contributed by atoms with Crippen molar-refractivity contribution in [2.45, 2.75) is 17.9 Å². The molecule has 3 aromatic rings. The summed E-state index contributed by atoms with van der Waals surface area (Å²) in [6.45, 7) is 5.70. The third-order valence-corrected chi connectivity index (χ3v) is 7.18. The maximum absolute atomic E-state index is 13.2. The molecule has 0 radical (unpaired) electrons. The van der Waals surface area contributed by atoms with E-state index in [1.54, 1.807) is 12.1 Å². The Labute approximate surface area is 175 Å². The highest BCUT2D eigenvalue weighted by atomic mass is 32.2. The Balaban J connectivity index is 1.56. The summed E-state index contributed by atoms with van der Waals surface area (Å²) in [6, 6.07) is 13.6. The maximum Gasteiger partial charge on any atom is 0.268 e. The Kier molecular flexibility index (Phi) is 4.52. The fraction of sp³-hybridized carbons (Fsp3) is 0.182. The maximum atomic E-state index is 13.2. The molecule has 7 nitrogen and oxygen atoms in total. The van der Waals surface area contributed by atoms with E-state index in [0.717, 1.165) is 30.8 Å². The van der Waals surface area contributed by atoms with Crippen LogP contribution in [0.2, 0.25) is 0 Å². The lowest BCUT2D eigenvalue weighted by molar-refractivity contribution is 0.591. The van der Waals surface area contributed by atoms with Gasteiger partial charge in [0.25, 0.3) is 10.0 Å². The first-order valence-electron chi connectivity index (χ1n) is 9.77. The number of benzene rings is 2. The molecule has 2 aromatic carbocycles. The minimum Gasteiger partial charge on any atom is -0.324 e. The summed E-state index contributed by atoms with van der Waals surface area (Å²) >= 11 is 0. The lowest BCUT2D eigenvalue weighted by Gasteiger charge is -2.30. The van der Waals surface area contributed by atoms with E-state index >= 15 is 0 Å². The van der Waals surface area contributed by atoms with Crippen LogP contribution in [0.4, 0.5) is 17.3 Å². The highest BCUT2D eigenvalue weighted by Gasteiger charge is 2.35. The standard InChI is InChI=1S/C22H21N5O2S/c1-2-11-27-19-6-4-3-5-18(19)21-20(30(27,28)29)14-24-22(26-21)25-17-8-7-15-9-10-23-13-16(15)12-17/h2-8,12,14,23H,1,9-11,13H2,(H,24,25,26). The Morgan fingerprint density at radius 3 is 2.93 bits per heavy atom. The fourth-order valence-corrected chi connectivity index (χ4v) is 5.50. The van der Waals surface area contributed by atoms with Crippen molar-refractivity contribution in [3.05, 3.63) is 72.4 Å². The van der Waals surface area contributed by atoms with Gasteiger partial charge in [-0.1, -0.05) is 30.3 Å². The van der Waals surface area contributed by atoms with Crippen molar-refractivity contribution in [2.24, 2.45) is 0 Å². The molecule has 30 heavy (non-hydrogen) atoms. The van der Waals surface area contributed by atoms with Crippen LogP contribution in [0.3, 0.4) is 0 Å². The van der Waals surface area contributed by atoms with E-state index in [9.17, 15) is 8.42 Å². The molecule has 2 N–H and O–H groups in total. The van der Waals surface area contributed by atoms with Crippen molar-refractivity contribution in [1.82, 2.24) is 15.3 Å². The number of aromatic nitrogens is 2. The largest absolute Gasteiger partial charge is 0.324 e. The minimum absolute atomic E-state index is 0.100. The quantitative estimate of drug-likeness (QED) is 0.632. The summed E-state index contributed by atoms with van der Waals surface area (Å²) in [6.07, 6.45) is 3.97. The summed E-state index contributed by atoms with van der Waals surface area (Å²) in [4.78, 5) is 8.98. The minimum atomic E-state index is -3.76. The molecule has 0 spiro atoms. The third kappa shape index (κ3) is 3.05. The number of para-hydroxylation sites is 1. The summed E-state index contributed by atoms with van der Waals surface area (Å²) in [7, 11) is -3.76. The molecule has 0 unspecified atom stereocenters. The van der Waals surface area contributed by atoms with E-state index in [1.807, 2.05) is 24.3 Å². The first-order valence-corrected chi connectivity index (χ1v) is 11.2. The zero-order valence-corrected chi connectivity index (χ0v) is 17.1. The Morgan fingerprint density at radius 1 is 1.20 bits per heavy atom. The van der Waals surface area contributed by atoms with Gasteiger partial charge in [0.05, 0.1) is 24.1 Å². The number of rotatable bonds is 4. The predicted octanol–water partition coefficient (Wildman–Crippen LogP) is 3.23. The molecule has 0 atom stereocenters. The van der Waals surface area contributed by atoms with Crippen molar-refractivity contribution >= 4 is 27.3 Å². The number of hydrogen-bond donors (Lipinski definition) is 2. The molecule has 152 valence electrons. The molecule has 3 heterocycles. The topological polar surface area (TPSA) is 87.2 Å². The van der Waals surface area contributed by atoms with E-state index in [-0.39, 0.29) is 11.4 Å². The molecule has 0 amide bonds. The van der Waals surface area contributed by atoms with E-state index in [2.05, 4.69) is 39.3 Å². The number of hydrogen-bond acceptors (Lipinski definition) is 6. The van der Waals surface area contributed by atoms with Crippen LogP contribution in [0.15, 0.2) is 66.2 Å². The normalized spacial score (nSPS) is 16.2. The predicted molar refractivity (Wildman–Crippen MR) is 117 cm³/mol. The van der Waals surface area contributed by atoms with Crippen molar-refractivity contribution in [2.75, 3.05) is 22.7 Å². The van der Waals surface area contributed by atoms with E-state index in [0.29, 0.717) is 17.3 Å². The highest BCUT2D eigenvalue weighted by Crippen LogP contribution is 2.41. The second kappa shape index (κ2) is 7.23. The van der Waals surface area contributed by atoms with Gasteiger partial charge in [0.1, 0.15) is 4.90 Å². The van der Waals surface area contributed by atoms with Gasteiger partial charge in [-0.25, -0.2) is 18.4 Å². The Morgan fingerprint density at radius 2 is 2.07 bits per heavy atom. The number of nitrogens with one attached hydrogen (secondary N) is 2. The Hall–Kier alpha value is -3.23. The molecule has 2 aliphatic rings. The highest BCUT2D eigenvalue weighted by molar-refractivity contribution is 7.93. The zero-order valence-electron chi connectivity index (χ0n) is 16.3. The lowest BCUT2D eigenvalue weighted by atomic mass is 10.0. The van der Waals surface area contributed by atoms with Crippen LogP contribution >= 0.6 is 0 Å². The first kappa shape index (κ1) is 18.8. The molecule has 0 aliphatic carbocycles. The number of fused-ring (bicyclic) bond motifs is 4. The fourth-order valence-electron chi connectivity index (χ4n) is 3.95. The zero-order chi connectivity index (χ0) is 20.7. The summed E-state index contributed by atoms with van der Waals surface area (Å²) in [5.41, 5.74) is 5.21. The second-order valence-electron chi connectivity index (χ2n) is 7.28. The monoisotopic (exact) mass is 419 g/mol. The average molecular weight is 420 g/mol. The molecule has 0 fully saturated rings. The molecule has 1 aromatic heterocycles. The molecule has 0 bridgehead atoms. The molecule has 5 rings (SSSR count). The van der Waals surface area contributed by atoms with Gasteiger partial charge in [-0.05, 0) is 42.3 Å². The SMILES string of the molecule is C=CCN1c2ccccc2-c2nc(Nc3ccc4c(c3)CNCC4)ncc2S1(=O)=O. The van der Waals surface area contributed by atoms with Gasteiger partial charge in [0, 0.05) is 17.8 Å². The molecule has 0 saturated heterocycles. The summed E-state index contributed by atoms with van der Waals surface area (Å²) in [5.74, 6) is 0.361. The van der Waals surface area contributed by atoms with E-state index in [1.165, 1.54) is 21.6 Å². The lowest BCUT2D eigenvalue weighted by Crippen LogP contribution is -2.35. The average Bonchev–Trinajstić information content (AvgIpc) is 2.76. The van der Waals surface area contributed by atoms with Crippen LogP contribution in [0.25, 0.3) is 11.3 Å². The van der Waals surface area contributed by atoms with Crippen LogP contribution in [-0.2, 0) is 23.0 Å². The van der Waals surface area contributed by atoms with Gasteiger partial charge in [-0.15, -0.1) is 6.58 Å². The smallest absolute Gasteiger partial charge is 0.268 e. The summed E-state index contributed by atoms with van der Waals surface area (Å²) < 4.78 is 27.7. The van der Waals surface area contributed by atoms with E-state index < -0.39 is 10.0 Å². The summed E-state index contributed by atoms with van der Waals surface area (Å²) in [5, 5.41) is 6.59. The van der Waals surface area contributed by atoms with Gasteiger partial charge in [0.2, 0.25) is 5.95 Å². The van der Waals surface area contributed by atoms with Crippen molar-refractivity contribution < 1.29 is 8.42 Å². The molecule has 8 heteroatoms. The van der Waals surface area contributed by atoms with Crippen LogP contribution < -0.4 is 14.9 Å². The molecular weight excluding hydrogens is 398 g/mol. The molecular formula is C22H21N5O2S. The van der Waals surface area contributed by atoms with E-state index in [4.69, 9.17) is 0 Å².